The van der Waals surface area contributed by atoms with Gasteiger partial charge in [0.25, 0.3) is 0 Å². The number of carbonyl (C=O) groups is 1. The molecular weight excluding hydrogens is 214 g/mol. The van der Waals surface area contributed by atoms with Crippen molar-refractivity contribution in [2.24, 2.45) is 0 Å². The first-order chi connectivity index (χ1) is 7.24. The van der Waals surface area contributed by atoms with Crippen LogP contribution >= 0.6 is 11.3 Å². The highest BCUT2D eigenvalue weighted by Gasteiger charge is 2.09. The third-order valence-corrected chi connectivity index (χ3v) is 2.75. The van der Waals surface area contributed by atoms with Crippen molar-refractivity contribution >= 4 is 38.8 Å². The SMILES string of the molecule is COc1cc(NC=O)cc2sc(N)nc12. The van der Waals surface area contributed by atoms with Gasteiger partial charge >= 0.3 is 0 Å². The fraction of sp³-hybridized carbons (Fsp3) is 0.111. The van der Waals surface area contributed by atoms with Gasteiger partial charge in [0, 0.05) is 11.8 Å². The molecule has 0 aliphatic heterocycles. The molecule has 1 aromatic heterocycles. The Bertz CT molecular complexity index is 509. The number of carbonyl (C=O) groups excluding carboxylic acids is 1. The number of nitrogens with two attached hydrogens (primary N) is 1. The summed E-state index contributed by atoms with van der Waals surface area (Å²) < 4.78 is 6.05. The van der Waals surface area contributed by atoms with Crippen molar-refractivity contribution in [1.82, 2.24) is 4.98 Å². The van der Waals surface area contributed by atoms with E-state index in [1.807, 2.05) is 0 Å². The van der Waals surface area contributed by atoms with E-state index in [0.717, 1.165) is 10.2 Å². The summed E-state index contributed by atoms with van der Waals surface area (Å²) in [5.74, 6) is 0.602. The number of aromatic nitrogens is 1. The van der Waals surface area contributed by atoms with Gasteiger partial charge in [-0.3, -0.25) is 4.79 Å². The van der Waals surface area contributed by atoms with Crippen molar-refractivity contribution in [3.8, 4) is 5.75 Å². The molecule has 2 aromatic rings. The van der Waals surface area contributed by atoms with Crippen molar-refractivity contribution in [2.75, 3.05) is 18.2 Å². The van der Waals surface area contributed by atoms with Crippen LogP contribution in [0, 0.1) is 0 Å². The number of amides is 1. The summed E-state index contributed by atoms with van der Waals surface area (Å²) in [5, 5.41) is 3.04. The lowest BCUT2D eigenvalue weighted by atomic mass is 10.3. The van der Waals surface area contributed by atoms with E-state index in [0.29, 0.717) is 23.0 Å². The van der Waals surface area contributed by atoms with Crippen LogP contribution in [0.1, 0.15) is 0 Å². The zero-order valence-corrected chi connectivity index (χ0v) is 8.80. The lowest BCUT2D eigenvalue weighted by Gasteiger charge is -2.03. The number of benzene rings is 1. The number of hydrogen-bond acceptors (Lipinski definition) is 5. The highest BCUT2D eigenvalue weighted by atomic mass is 32.1. The maximum absolute atomic E-state index is 10.3. The normalized spacial score (nSPS) is 10.2. The van der Waals surface area contributed by atoms with Gasteiger partial charge in [0.1, 0.15) is 11.3 Å². The van der Waals surface area contributed by atoms with Gasteiger partial charge in [0.15, 0.2) is 5.13 Å². The maximum Gasteiger partial charge on any atom is 0.211 e. The first-order valence-electron chi connectivity index (χ1n) is 4.19. The number of anilines is 2. The number of rotatable bonds is 3. The van der Waals surface area contributed by atoms with E-state index in [9.17, 15) is 4.79 Å². The molecule has 0 bridgehead atoms. The lowest BCUT2D eigenvalue weighted by molar-refractivity contribution is -0.105. The number of thiazole rings is 1. The van der Waals surface area contributed by atoms with Crippen LogP contribution < -0.4 is 15.8 Å². The molecule has 0 aliphatic rings. The van der Waals surface area contributed by atoms with Crippen LogP contribution in [0.25, 0.3) is 10.2 Å². The summed E-state index contributed by atoms with van der Waals surface area (Å²) in [4.78, 5) is 14.5. The Morgan fingerprint density at radius 3 is 3.07 bits per heavy atom. The van der Waals surface area contributed by atoms with Crippen LogP contribution in [0.3, 0.4) is 0 Å². The molecule has 15 heavy (non-hydrogen) atoms. The average Bonchev–Trinajstić information content (AvgIpc) is 2.57. The minimum Gasteiger partial charge on any atom is -0.494 e. The molecular formula is C9H9N3O2S. The average molecular weight is 223 g/mol. The molecule has 5 nitrogen and oxygen atoms in total. The van der Waals surface area contributed by atoms with Crippen molar-refractivity contribution in [2.45, 2.75) is 0 Å². The Hall–Kier alpha value is -1.82. The molecule has 0 saturated carbocycles. The smallest absolute Gasteiger partial charge is 0.211 e. The second-order valence-electron chi connectivity index (χ2n) is 2.84. The predicted molar refractivity (Wildman–Crippen MR) is 60.3 cm³/mol. The third-order valence-electron chi connectivity index (χ3n) is 1.92. The lowest BCUT2D eigenvalue weighted by Crippen LogP contribution is -1.94. The molecule has 2 rings (SSSR count). The second-order valence-corrected chi connectivity index (χ2v) is 3.90. The first kappa shape index (κ1) is 9.72. The molecule has 0 spiro atoms. The van der Waals surface area contributed by atoms with Gasteiger partial charge in [0.05, 0.1) is 11.8 Å². The summed E-state index contributed by atoms with van der Waals surface area (Å²) in [5.41, 5.74) is 6.98. The fourth-order valence-corrected chi connectivity index (χ4v) is 2.11. The zero-order chi connectivity index (χ0) is 10.8. The topological polar surface area (TPSA) is 77.2 Å². The van der Waals surface area contributed by atoms with Crippen LogP contribution in [0.15, 0.2) is 12.1 Å². The molecule has 1 amide bonds. The minimum atomic E-state index is 0.478. The first-order valence-corrected chi connectivity index (χ1v) is 5.00. The Labute approximate surface area is 89.9 Å². The fourth-order valence-electron chi connectivity index (χ4n) is 1.32. The van der Waals surface area contributed by atoms with E-state index in [4.69, 9.17) is 10.5 Å². The van der Waals surface area contributed by atoms with E-state index in [2.05, 4.69) is 10.3 Å². The highest BCUT2D eigenvalue weighted by Crippen LogP contribution is 2.34. The summed E-state index contributed by atoms with van der Waals surface area (Å²) in [6.07, 6.45) is 0.616. The number of fused-ring (bicyclic) bond motifs is 1. The van der Waals surface area contributed by atoms with Crippen molar-refractivity contribution in [1.29, 1.82) is 0 Å². The van der Waals surface area contributed by atoms with E-state index in [1.54, 1.807) is 19.2 Å². The summed E-state index contributed by atoms with van der Waals surface area (Å²) in [7, 11) is 1.55. The molecule has 0 radical (unpaired) electrons. The molecule has 3 N–H and O–H groups in total. The van der Waals surface area contributed by atoms with Crippen LogP contribution in [-0.4, -0.2) is 18.5 Å². The largest absolute Gasteiger partial charge is 0.494 e. The molecule has 0 atom stereocenters. The van der Waals surface area contributed by atoms with Gasteiger partial charge in [-0.05, 0) is 6.07 Å². The van der Waals surface area contributed by atoms with E-state index in [1.165, 1.54) is 11.3 Å². The third kappa shape index (κ3) is 1.71. The van der Waals surface area contributed by atoms with Crippen molar-refractivity contribution in [3.63, 3.8) is 0 Å². The summed E-state index contributed by atoms with van der Waals surface area (Å²) in [6, 6.07) is 3.51. The van der Waals surface area contributed by atoms with Crippen LogP contribution in [0.2, 0.25) is 0 Å². The molecule has 1 heterocycles. The summed E-state index contributed by atoms with van der Waals surface area (Å²) >= 11 is 1.35. The molecule has 78 valence electrons. The van der Waals surface area contributed by atoms with Crippen LogP contribution in [0.4, 0.5) is 10.8 Å². The Morgan fingerprint density at radius 1 is 1.60 bits per heavy atom. The molecule has 6 heteroatoms. The van der Waals surface area contributed by atoms with E-state index >= 15 is 0 Å². The molecule has 0 fully saturated rings. The number of nitrogens with zero attached hydrogens (tertiary/aromatic N) is 1. The van der Waals surface area contributed by atoms with Gasteiger partial charge in [-0.15, -0.1) is 0 Å². The predicted octanol–water partition coefficient (Wildman–Crippen LogP) is 1.46. The number of nitrogens with one attached hydrogen (secondary N) is 1. The number of ether oxygens (including phenoxy) is 1. The monoisotopic (exact) mass is 223 g/mol. The maximum atomic E-state index is 10.3. The summed E-state index contributed by atoms with van der Waals surface area (Å²) in [6.45, 7) is 0. The molecule has 0 unspecified atom stereocenters. The van der Waals surface area contributed by atoms with Crippen LogP contribution in [0.5, 0.6) is 5.75 Å². The Kier molecular flexibility index (Phi) is 2.42. The van der Waals surface area contributed by atoms with Gasteiger partial charge in [-0.2, -0.15) is 0 Å². The molecule has 1 aromatic carbocycles. The van der Waals surface area contributed by atoms with Crippen molar-refractivity contribution < 1.29 is 9.53 Å². The number of hydrogen-bond donors (Lipinski definition) is 2. The second kappa shape index (κ2) is 3.74. The number of methoxy groups -OCH3 is 1. The quantitative estimate of drug-likeness (QED) is 0.772. The van der Waals surface area contributed by atoms with Crippen molar-refractivity contribution in [3.05, 3.63) is 12.1 Å². The Morgan fingerprint density at radius 2 is 2.40 bits per heavy atom. The van der Waals surface area contributed by atoms with Crippen LogP contribution in [-0.2, 0) is 4.79 Å². The highest BCUT2D eigenvalue weighted by molar-refractivity contribution is 7.22. The molecule has 0 saturated heterocycles. The van der Waals surface area contributed by atoms with E-state index in [-0.39, 0.29) is 0 Å². The van der Waals surface area contributed by atoms with Gasteiger partial charge in [-0.1, -0.05) is 11.3 Å². The van der Waals surface area contributed by atoms with E-state index < -0.39 is 0 Å². The van der Waals surface area contributed by atoms with Gasteiger partial charge in [0.2, 0.25) is 6.41 Å². The van der Waals surface area contributed by atoms with Gasteiger partial charge < -0.3 is 15.8 Å². The Balaban J connectivity index is 2.64. The van der Waals surface area contributed by atoms with Gasteiger partial charge in [-0.25, -0.2) is 4.98 Å². The standard InChI is InChI=1S/C9H9N3O2S/c1-14-6-2-5(11-4-13)3-7-8(6)12-9(10)15-7/h2-4H,1H3,(H2,10,12)(H,11,13). The zero-order valence-electron chi connectivity index (χ0n) is 7.98. The molecule has 0 aliphatic carbocycles. The number of nitrogen functional groups attached to an aromatic ring is 1. The minimum absolute atomic E-state index is 0.478.